The summed E-state index contributed by atoms with van der Waals surface area (Å²) in [6, 6.07) is 6.52. The van der Waals surface area contributed by atoms with E-state index in [4.69, 9.17) is 5.26 Å². The third-order valence-corrected chi connectivity index (χ3v) is 2.52. The van der Waals surface area contributed by atoms with Crippen molar-refractivity contribution in [3.05, 3.63) is 36.7 Å². The van der Waals surface area contributed by atoms with Crippen LogP contribution in [0.3, 0.4) is 0 Å². The molecule has 0 spiro atoms. The zero-order valence-electron chi connectivity index (χ0n) is 8.56. The van der Waals surface area contributed by atoms with Gasteiger partial charge in [0.15, 0.2) is 5.69 Å². The zero-order chi connectivity index (χ0) is 10.7. The molecule has 1 heterocycles. The fourth-order valence-corrected chi connectivity index (χ4v) is 1.68. The van der Waals surface area contributed by atoms with Crippen molar-refractivity contribution in [2.75, 3.05) is 11.4 Å². The molecule has 0 atom stereocenters. The maximum Gasteiger partial charge on any atom is 0.163 e. The second-order valence-corrected chi connectivity index (χ2v) is 3.66. The number of anilines is 1. The van der Waals surface area contributed by atoms with Crippen molar-refractivity contribution < 1.29 is 0 Å². The molecule has 1 aliphatic carbocycles. The molecule has 0 radical (unpaired) electrons. The Balaban J connectivity index is 2.32. The molecule has 2 rings (SSSR count). The first-order valence-corrected chi connectivity index (χ1v) is 5.09. The van der Waals surface area contributed by atoms with Crippen LogP contribution in [0.4, 0.5) is 5.69 Å². The van der Waals surface area contributed by atoms with Gasteiger partial charge in [0, 0.05) is 18.8 Å². The zero-order valence-corrected chi connectivity index (χ0v) is 8.56. The Labute approximate surface area is 89.7 Å². The lowest BCUT2D eigenvalue weighted by Gasteiger charge is -2.23. The van der Waals surface area contributed by atoms with Crippen molar-refractivity contribution in [1.29, 1.82) is 5.26 Å². The van der Waals surface area contributed by atoms with E-state index < -0.39 is 0 Å². The standard InChI is InChI=1S/C12H13N3/c1-2-8-15(10-5-6-10)12-4-3-7-14-11(12)9-13/h2-4,7,10H,1,5-6,8H2. The maximum atomic E-state index is 8.97. The van der Waals surface area contributed by atoms with Gasteiger partial charge in [-0.25, -0.2) is 4.98 Å². The van der Waals surface area contributed by atoms with Crippen LogP contribution in [0.1, 0.15) is 18.5 Å². The predicted molar refractivity (Wildman–Crippen MR) is 59.5 cm³/mol. The van der Waals surface area contributed by atoms with E-state index in [0.717, 1.165) is 12.2 Å². The average molecular weight is 199 g/mol. The molecule has 0 bridgehead atoms. The van der Waals surface area contributed by atoms with Gasteiger partial charge in [0.2, 0.25) is 0 Å². The van der Waals surface area contributed by atoms with Crippen LogP contribution in [-0.2, 0) is 0 Å². The molecule has 1 aromatic heterocycles. The van der Waals surface area contributed by atoms with Crippen LogP contribution < -0.4 is 4.90 Å². The molecule has 0 aromatic carbocycles. The lowest BCUT2D eigenvalue weighted by molar-refractivity contribution is 0.855. The second kappa shape index (κ2) is 4.14. The Morgan fingerprint density at radius 1 is 1.67 bits per heavy atom. The Kier molecular flexibility index (Phi) is 2.68. The van der Waals surface area contributed by atoms with Crippen molar-refractivity contribution in [3.63, 3.8) is 0 Å². The van der Waals surface area contributed by atoms with Gasteiger partial charge in [-0.2, -0.15) is 5.26 Å². The number of rotatable bonds is 4. The SMILES string of the molecule is C=CCN(c1cccnc1C#N)C1CC1. The fraction of sp³-hybridized carbons (Fsp3) is 0.333. The van der Waals surface area contributed by atoms with E-state index in [2.05, 4.69) is 22.5 Å². The Bertz CT molecular complexity index is 402. The van der Waals surface area contributed by atoms with Crippen LogP contribution in [0, 0.1) is 11.3 Å². The summed E-state index contributed by atoms with van der Waals surface area (Å²) in [5, 5.41) is 8.97. The van der Waals surface area contributed by atoms with Crippen molar-refractivity contribution >= 4 is 5.69 Å². The molecular formula is C12H13N3. The van der Waals surface area contributed by atoms with E-state index in [9.17, 15) is 0 Å². The van der Waals surface area contributed by atoms with Gasteiger partial charge >= 0.3 is 0 Å². The molecule has 0 N–H and O–H groups in total. The van der Waals surface area contributed by atoms with Gasteiger partial charge in [-0.3, -0.25) is 0 Å². The summed E-state index contributed by atoms with van der Waals surface area (Å²) in [4.78, 5) is 6.28. The van der Waals surface area contributed by atoms with E-state index in [-0.39, 0.29) is 0 Å². The van der Waals surface area contributed by atoms with Crippen LogP contribution in [0.5, 0.6) is 0 Å². The monoisotopic (exact) mass is 199 g/mol. The second-order valence-electron chi connectivity index (χ2n) is 3.66. The van der Waals surface area contributed by atoms with Gasteiger partial charge in [0.05, 0.1) is 5.69 Å². The van der Waals surface area contributed by atoms with Gasteiger partial charge in [-0.15, -0.1) is 6.58 Å². The minimum atomic E-state index is 0.506. The van der Waals surface area contributed by atoms with Crippen LogP contribution in [0.2, 0.25) is 0 Å². The summed E-state index contributed by atoms with van der Waals surface area (Å²) >= 11 is 0. The van der Waals surface area contributed by atoms with E-state index >= 15 is 0 Å². The summed E-state index contributed by atoms with van der Waals surface area (Å²) < 4.78 is 0. The normalized spacial score (nSPS) is 14.3. The number of pyridine rings is 1. The lowest BCUT2D eigenvalue weighted by atomic mass is 10.2. The fourth-order valence-electron chi connectivity index (χ4n) is 1.68. The third kappa shape index (κ3) is 1.99. The van der Waals surface area contributed by atoms with Crippen molar-refractivity contribution in [2.24, 2.45) is 0 Å². The predicted octanol–water partition coefficient (Wildman–Crippen LogP) is 2.11. The molecule has 0 aliphatic heterocycles. The number of nitriles is 1. The highest BCUT2D eigenvalue weighted by atomic mass is 15.2. The molecule has 3 nitrogen and oxygen atoms in total. The first-order valence-electron chi connectivity index (χ1n) is 5.09. The van der Waals surface area contributed by atoms with Gasteiger partial charge < -0.3 is 4.90 Å². The first kappa shape index (κ1) is 9.72. The number of hydrogen-bond acceptors (Lipinski definition) is 3. The summed E-state index contributed by atoms with van der Waals surface area (Å²) in [6.45, 7) is 4.53. The van der Waals surface area contributed by atoms with E-state index in [1.807, 2.05) is 18.2 Å². The summed E-state index contributed by atoms with van der Waals surface area (Å²) in [5.41, 5.74) is 1.44. The molecule has 1 fully saturated rings. The Morgan fingerprint density at radius 3 is 3.07 bits per heavy atom. The van der Waals surface area contributed by atoms with Crippen molar-refractivity contribution in [1.82, 2.24) is 4.98 Å². The van der Waals surface area contributed by atoms with Gasteiger partial charge in [0.25, 0.3) is 0 Å². The minimum absolute atomic E-state index is 0.506. The van der Waals surface area contributed by atoms with Gasteiger partial charge in [-0.1, -0.05) is 6.08 Å². The van der Waals surface area contributed by atoms with Crippen LogP contribution in [-0.4, -0.2) is 17.6 Å². The van der Waals surface area contributed by atoms with Crippen molar-refractivity contribution in [3.8, 4) is 6.07 Å². The molecule has 1 saturated carbocycles. The molecule has 15 heavy (non-hydrogen) atoms. The lowest BCUT2D eigenvalue weighted by Crippen LogP contribution is -2.26. The largest absolute Gasteiger partial charge is 0.362 e. The van der Waals surface area contributed by atoms with E-state index in [1.54, 1.807) is 6.20 Å². The van der Waals surface area contributed by atoms with Crippen LogP contribution in [0.15, 0.2) is 31.0 Å². The summed E-state index contributed by atoms with van der Waals surface area (Å²) in [6.07, 6.45) is 5.93. The van der Waals surface area contributed by atoms with Crippen LogP contribution >= 0.6 is 0 Å². The van der Waals surface area contributed by atoms with Gasteiger partial charge in [0.1, 0.15) is 6.07 Å². The molecule has 0 saturated heterocycles. The molecule has 1 aromatic rings. The Hall–Kier alpha value is -1.82. The highest BCUT2D eigenvalue weighted by Crippen LogP contribution is 2.32. The Morgan fingerprint density at radius 2 is 2.47 bits per heavy atom. The van der Waals surface area contributed by atoms with Crippen molar-refractivity contribution in [2.45, 2.75) is 18.9 Å². The molecule has 76 valence electrons. The quantitative estimate of drug-likeness (QED) is 0.697. The minimum Gasteiger partial charge on any atom is -0.362 e. The number of nitrogens with zero attached hydrogens (tertiary/aromatic N) is 3. The molecule has 0 unspecified atom stereocenters. The summed E-state index contributed by atoms with van der Waals surface area (Å²) in [7, 11) is 0. The average Bonchev–Trinajstić information content (AvgIpc) is 3.10. The summed E-state index contributed by atoms with van der Waals surface area (Å²) in [5.74, 6) is 0. The maximum absolute atomic E-state index is 8.97. The first-order chi connectivity index (χ1) is 7.36. The highest BCUT2D eigenvalue weighted by molar-refractivity contribution is 5.57. The molecular weight excluding hydrogens is 186 g/mol. The number of aromatic nitrogens is 1. The third-order valence-electron chi connectivity index (χ3n) is 2.52. The molecule has 3 heteroatoms. The van der Waals surface area contributed by atoms with E-state index in [1.165, 1.54) is 12.8 Å². The smallest absolute Gasteiger partial charge is 0.163 e. The van der Waals surface area contributed by atoms with Gasteiger partial charge in [-0.05, 0) is 25.0 Å². The highest BCUT2D eigenvalue weighted by Gasteiger charge is 2.29. The molecule has 1 aliphatic rings. The van der Waals surface area contributed by atoms with Crippen LogP contribution in [0.25, 0.3) is 0 Å². The van der Waals surface area contributed by atoms with E-state index in [0.29, 0.717) is 11.7 Å². The topological polar surface area (TPSA) is 39.9 Å². The molecule has 0 amide bonds. The number of hydrogen-bond donors (Lipinski definition) is 0.